The molecule has 0 atom stereocenters. The highest BCUT2D eigenvalue weighted by atomic mass is 32.2. The smallest absolute Gasteiger partial charge is 0.226 e. The van der Waals surface area contributed by atoms with Crippen molar-refractivity contribution < 1.29 is 13.2 Å². The molecule has 1 heterocycles. The molecule has 3 rings (SSSR count). The van der Waals surface area contributed by atoms with Crippen LogP contribution in [0.2, 0.25) is 0 Å². The second-order valence-electron chi connectivity index (χ2n) is 6.34. The Bertz CT molecular complexity index is 871. The SMILES string of the molecule is CCCn1nccc1NC(=O)CCS(=O)(=O)c1ccc2c(c1)CCC2. The van der Waals surface area contributed by atoms with Crippen molar-refractivity contribution in [2.75, 3.05) is 11.1 Å². The van der Waals surface area contributed by atoms with Crippen molar-refractivity contribution in [3.05, 3.63) is 41.6 Å². The highest BCUT2D eigenvalue weighted by Crippen LogP contribution is 2.25. The molecule has 134 valence electrons. The number of hydrogen-bond donors (Lipinski definition) is 1. The summed E-state index contributed by atoms with van der Waals surface area (Å²) in [6.45, 7) is 2.73. The summed E-state index contributed by atoms with van der Waals surface area (Å²) in [6, 6.07) is 7.04. The molecule has 0 aliphatic heterocycles. The predicted octanol–water partition coefficient (Wildman–Crippen LogP) is 2.58. The van der Waals surface area contributed by atoms with Crippen LogP contribution in [0.1, 0.15) is 37.3 Å². The van der Waals surface area contributed by atoms with Gasteiger partial charge in [0.15, 0.2) is 9.84 Å². The Hall–Kier alpha value is -2.15. The molecule has 1 aromatic carbocycles. The molecule has 1 N–H and O–H groups in total. The van der Waals surface area contributed by atoms with Crippen LogP contribution in [0.5, 0.6) is 0 Å². The number of anilines is 1. The number of fused-ring (bicyclic) bond motifs is 1. The van der Waals surface area contributed by atoms with Crippen LogP contribution in [0.15, 0.2) is 35.4 Å². The highest BCUT2D eigenvalue weighted by molar-refractivity contribution is 7.91. The maximum absolute atomic E-state index is 12.5. The lowest BCUT2D eigenvalue weighted by Crippen LogP contribution is -2.19. The van der Waals surface area contributed by atoms with Crippen LogP contribution in [0.4, 0.5) is 5.82 Å². The van der Waals surface area contributed by atoms with E-state index in [4.69, 9.17) is 0 Å². The molecular formula is C18H23N3O3S. The molecule has 0 bridgehead atoms. The molecule has 7 heteroatoms. The monoisotopic (exact) mass is 361 g/mol. The molecule has 0 saturated heterocycles. The van der Waals surface area contributed by atoms with Crippen LogP contribution in [0.3, 0.4) is 0 Å². The van der Waals surface area contributed by atoms with Crippen LogP contribution >= 0.6 is 0 Å². The predicted molar refractivity (Wildman–Crippen MR) is 96.3 cm³/mol. The van der Waals surface area contributed by atoms with E-state index in [9.17, 15) is 13.2 Å². The molecule has 1 amide bonds. The quantitative estimate of drug-likeness (QED) is 0.822. The third kappa shape index (κ3) is 4.10. The number of carbonyl (C=O) groups excluding carboxylic acids is 1. The highest BCUT2D eigenvalue weighted by Gasteiger charge is 2.20. The normalized spacial score (nSPS) is 13.6. The van der Waals surface area contributed by atoms with Gasteiger partial charge in [-0.05, 0) is 48.9 Å². The van der Waals surface area contributed by atoms with Gasteiger partial charge in [0, 0.05) is 19.0 Å². The number of benzene rings is 1. The van der Waals surface area contributed by atoms with Gasteiger partial charge in [0.05, 0.1) is 16.8 Å². The number of carbonyl (C=O) groups is 1. The lowest BCUT2D eigenvalue weighted by molar-refractivity contribution is -0.115. The van der Waals surface area contributed by atoms with E-state index in [1.54, 1.807) is 29.1 Å². The number of nitrogens with zero attached hydrogens (tertiary/aromatic N) is 2. The third-order valence-corrected chi connectivity index (χ3v) is 6.16. The molecule has 0 spiro atoms. The van der Waals surface area contributed by atoms with Gasteiger partial charge < -0.3 is 5.32 Å². The van der Waals surface area contributed by atoms with Gasteiger partial charge in [0.1, 0.15) is 5.82 Å². The van der Waals surface area contributed by atoms with E-state index >= 15 is 0 Å². The Morgan fingerprint density at radius 3 is 2.84 bits per heavy atom. The van der Waals surface area contributed by atoms with Gasteiger partial charge in [-0.3, -0.25) is 4.79 Å². The van der Waals surface area contributed by atoms with Crippen molar-refractivity contribution in [2.45, 2.75) is 50.5 Å². The van der Waals surface area contributed by atoms with Crippen molar-refractivity contribution in [3.63, 3.8) is 0 Å². The van der Waals surface area contributed by atoms with E-state index in [2.05, 4.69) is 10.4 Å². The first-order valence-corrected chi connectivity index (χ1v) is 10.3. The zero-order valence-electron chi connectivity index (χ0n) is 14.4. The second kappa shape index (κ2) is 7.39. The average Bonchev–Trinajstić information content (AvgIpc) is 3.22. The maximum Gasteiger partial charge on any atom is 0.226 e. The minimum Gasteiger partial charge on any atom is -0.311 e. The summed E-state index contributed by atoms with van der Waals surface area (Å²) >= 11 is 0. The Morgan fingerprint density at radius 1 is 1.24 bits per heavy atom. The molecule has 6 nitrogen and oxygen atoms in total. The summed E-state index contributed by atoms with van der Waals surface area (Å²) < 4.78 is 26.7. The molecule has 1 aromatic heterocycles. The van der Waals surface area contributed by atoms with Gasteiger partial charge in [-0.2, -0.15) is 5.10 Å². The average molecular weight is 361 g/mol. The Morgan fingerprint density at radius 2 is 2.04 bits per heavy atom. The summed E-state index contributed by atoms with van der Waals surface area (Å²) in [6.07, 6.45) is 5.47. The summed E-state index contributed by atoms with van der Waals surface area (Å²) in [5.74, 6) is 0.0869. The maximum atomic E-state index is 12.5. The van der Waals surface area contributed by atoms with E-state index in [0.29, 0.717) is 17.3 Å². The standard InChI is InChI=1S/C18H23N3O3S/c1-2-11-21-17(8-10-19-21)20-18(22)9-12-25(23,24)16-7-6-14-4-3-5-15(14)13-16/h6-8,10,13H,2-5,9,11-12H2,1H3,(H,20,22). The minimum absolute atomic E-state index is 0.0727. The van der Waals surface area contributed by atoms with Gasteiger partial charge in [0.25, 0.3) is 0 Å². The number of nitrogens with one attached hydrogen (secondary N) is 1. The molecular weight excluding hydrogens is 338 g/mol. The Labute approximate surface area is 148 Å². The molecule has 1 aliphatic carbocycles. The zero-order valence-corrected chi connectivity index (χ0v) is 15.2. The summed E-state index contributed by atoms with van der Waals surface area (Å²) in [5.41, 5.74) is 2.36. The molecule has 1 aliphatic rings. The topological polar surface area (TPSA) is 81.1 Å². The van der Waals surface area contributed by atoms with Gasteiger partial charge in [0.2, 0.25) is 5.91 Å². The number of aromatic nitrogens is 2. The van der Waals surface area contributed by atoms with Crippen LogP contribution < -0.4 is 5.32 Å². The fourth-order valence-electron chi connectivity index (χ4n) is 3.12. The van der Waals surface area contributed by atoms with Crippen molar-refractivity contribution in [1.29, 1.82) is 0 Å². The molecule has 0 saturated carbocycles. The number of sulfone groups is 1. The number of hydrogen-bond acceptors (Lipinski definition) is 4. The van der Waals surface area contributed by atoms with Gasteiger partial charge in [-0.1, -0.05) is 13.0 Å². The van der Waals surface area contributed by atoms with Crippen LogP contribution in [-0.4, -0.2) is 29.9 Å². The second-order valence-corrected chi connectivity index (χ2v) is 8.45. The van der Waals surface area contributed by atoms with Crippen LogP contribution in [0, 0.1) is 0 Å². The van der Waals surface area contributed by atoms with Gasteiger partial charge in [-0.25, -0.2) is 13.1 Å². The van der Waals surface area contributed by atoms with Crippen LogP contribution in [0.25, 0.3) is 0 Å². The van der Waals surface area contributed by atoms with E-state index in [1.807, 2.05) is 13.0 Å². The number of aryl methyl sites for hydroxylation is 3. The van der Waals surface area contributed by atoms with Crippen LogP contribution in [-0.2, 0) is 34.0 Å². The lowest BCUT2D eigenvalue weighted by Gasteiger charge is -2.09. The van der Waals surface area contributed by atoms with E-state index in [-0.39, 0.29) is 18.1 Å². The molecule has 0 radical (unpaired) electrons. The fraction of sp³-hybridized carbons (Fsp3) is 0.444. The minimum atomic E-state index is -3.46. The molecule has 0 fully saturated rings. The summed E-state index contributed by atoms with van der Waals surface area (Å²) in [5, 5.41) is 6.87. The van der Waals surface area contributed by atoms with Crippen molar-refractivity contribution in [2.24, 2.45) is 0 Å². The first kappa shape index (κ1) is 17.7. The molecule has 0 unspecified atom stereocenters. The summed E-state index contributed by atoms with van der Waals surface area (Å²) in [7, 11) is -3.46. The van der Waals surface area contributed by atoms with Gasteiger partial charge >= 0.3 is 0 Å². The fourth-order valence-corrected chi connectivity index (χ4v) is 4.41. The lowest BCUT2D eigenvalue weighted by atomic mass is 10.1. The summed E-state index contributed by atoms with van der Waals surface area (Å²) in [4.78, 5) is 12.4. The van der Waals surface area contributed by atoms with E-state index < -0.39 is 9.84 Å². The number of amides is 1. The Balaban J connectivity index is 1.62. The van der Waals surface area contributed by atoms with E-state index in [0.717, 1.165) is 31.2 Å². The van der Waals surface area contributed by atoms with Crippen molar-refractivity contribution >= 4 is 21.6 Å². The third-order valence-electron chi connectivity index (χ3n) is 4.45. The van der Waals surface area contributed by atoms with Gasteiger partial charge in [-0.15, -0.1) is 0 Å². The van der Waals surface area contributed by atoms with Crippen molar-refractivity contribution in [3.8, 4) is 0 Å². The van der Waals surface area contributed by atoms with E-state index in [1.165, 1.54) is 5.56 Å². The first-order valence-electron chi connectivity index (χ1n) is 8.66. The number of rotatable bonds is 7. The van der Waals surface area contributed by atoms with Crippen molar-refractivity contribution in [1.82, 2.24) is 9.78 Å². The molecule has 25 heavy (non-hydrogen) atoms. The Kier molecular flexibility index (Phi) is 5.22. The first-order chi connectivity index (χ1) is 12.0. The molecule has 2 aromatic rings. The zero-order chi connectivity index (χ0) is 17.9. The largest absolute Gasteiger partial charge is 0.311 e.